The lowest BCUT2D eigenvalue weighted by atomic mass is 10.2. The summed E-state index contributed by atoms with van der Waals surface area (Å²) in [7, 11) is 0. The number of hydrogen-bond donors (Lipinski definition) is 0. The summed E-state index contributed by atoms with van der Waals surface area (Å²) >= 11 is 0. The van der Waals surface area contributed by atoms with Crippen molar-refractivity contribution in [3.8, 4) is 5.69 Å². The van der Waals surface area contributed by atoms with Crippen LogP contribution in [0.1, 0.15) is 12.7 Å². The van der Waals surface area contributed by atoms with Crippen molar-refractivity contribution in [2.75, 3.05) is 0 Å². The van der Waals surface area contributed by atoms with E-state index in [1.54, 1.807) is 29.1 Å². The maximum atomic E-state index is 13.8. The second-order valence-electron chi connectivity index (χ2n) is 3.39. The summed E-state index contributed by atoms with van der Waals surface area (Å²) < 4.78 is 15.5. The molecule has 0 amide bonds. The summed E-state index contributed by atoms with van der Waals surface area (Å²) in [5.74, 6) is 0.336. The first-order valence-electron chi connectivity index (χ1n) is 5.13. The molecule has 17 heavy (non-hydrogen) atoms. The van der Waals surface area contributed by atoms with Crippen molar-refractivity contribution in [1.82, 2.24) is 9.55 Å². The van der Waals surface area contributed by atoms with Gasteiger partial charge in [-0.3, -0.25) is 0 Å². The van der Waals surface area contributed by atoms with Crippen molar-refractivity contribution in [3.05, 3.63) is 52.7 Å². The molecule has 0 fully saturated rings. The first-order chi connectivity index (χ1) is 8.26. The Labute approximate surface area is 97.2 Å². The summed E-state index contributed by atoms with van der Waals surface area (Å²) in [6.07, 6.45) is 4.04. The van der Waals surface area contributed by atoms with Crippen molar-refractivity contribution < 1.29 is 4.39 Å². The number of benzene rings is 1. The van der Waals surface area contributed by atoms with Gasteiger partial charge in [-0.2, -0.15) is 0 Å². The number of aromatic nitrogens is 2. The first-order valence-corrected chi connectivity index (χ1v) is 5.13. The van der Waals surface area contributed by atoms with Crippen LogP contribution in [0.5, 0.6) is 0 Å². The van der Waals surface area contributed by atoms with E-state index in [9.17, 15) is 4.39 Å². The third kappa shape index (κ3) is 2.11. The van der Waals surface area contributed by atoms with Crippen molar-refractivity contribution in [3.63, 3.8) is 0 Å². The van der Waals surface area contributed by atoms with E-state index < -0.39 is 5.82 Å². The topological polar surface area (TPSA) is 66.6 Å². The molecule has 2 rings (SSSR count). The number of azide groups is 1. The zero-order valence-electron chi connectivity index (χ0n) is 9.21. The van der Waals surface area contributed by atoms with Crippen LogP contribution in [-0.2, 0) is 6.42 Å². The van der Waals surface area contributed by atoms with Crippen LogP contribution in [0.25, 0.3) is 16.1 Å². The van der Waals surface area contributed by atoms with Gasteiger partial charge in [0.2, 0.25) is 0 Å². The number of aryl methyl sites for hydroxylation is 1. The van der Waals surface area contributed by atoms with Crippen LogP contribution in [0.15, 0.2) is 35.7 Å². The van der Waals surface area contributed by atoms with Gasteiger partial charge in [-0.05, 0) is 17.7 Å². The highest BCUT2D eigenvalue weighted by molar-refractivity contribution is 5.46. The van der Waals surface area contributed by atoms with E-state index in [0.717, 1.165) is 5.82 Å². The van der Waals surface area contributed by atoms with Crippen LogP contribution in [0, 0.1) is 5.82 Å². The summed E-state index contributed by atoms with van der Waals surface area (Å²) in [4.78, 5) is 6.74. The fourth-order valence-electron chi connectivity index (χ4n) is 1.62. The quantitative estimate of drug-likeness (QED) is 0.452. The number of rotatable bonds is 3. The van der Waals surface area contributed by atoms with E-state index >= 15 is 0 Å². The minimum Gasteiger partial charge on any atom is -0.301 e. The van der Waals surface area contributed by atoms with Crippen molar-refractivity contribution >= 4 is 5.69 Å². The molecule has 0 atom stereocenters. The van der Waals surface area contributed by atoms with E-state index in [0.29, 0.717) is 12.1 Å². The molecule has 6 heteroatoms. The maximum absolute atomic E-state index is 13.8. The predicted octanol–water partition coefficient (Wildman–Crippen LogP) is 3.52. The highest BCUT2D eigenvalue weighted by Crippen LogP contribution is 2.21. The molecule has 86 valence electrons. The Hall–Kier alpha value is -2.33. The molecule has 2 aromatic rings. The lowest BCUT2D eigenvalue weighted by Crippen LogP contribution is -2.01. The molecule has 0 N–H and O–H groups in total. The molecule has 1 aromatic carbocycles. The van der Waals surface area contributed by atoms with Crippen LogP contribution in [0.2, 0.25) is 0 Å². The molecule has 1 aromatic heterocycles. The third-order valence-corrected chi connectivity index (χ3v) is 2.38. The molecule has 0 aliphatic heterocycles. The molecule has 5 nitrogen and oxygen atoms in total. The molecule has 0 saturated heterocycles. The second kappa shape index (κ2) is 4.67. The minimum absolute atomic E-state index is 0.256. The number of halogens is 1. The van der Waals surface area contributed by atoms with Gasteiger partial charge in [-0.15, -0.1) is 0 Å². The van der Waals surface area contributed by atoms with Crippen LogP contribution in [-0.4, -0.2) is 9.55 Å². The van der Waals surface area contributed by atoms with Crippen molar-refractivity contribution in [2.24, 2.45) is 5.11 Å². The minimum atomic E-state index is -0.442. The van der Waals surface area contributed by atoms with Gasteiger partial charge in [-0.25, -0.2) is 9.37 Å². The Morgan fingerprint density at radius 2 is 2.35 bits per heavy atom. The smallest absolute Gasteiger partial charge is 0.147 e. The lowest BCUT2D eigenvalue weighted by Gasteiger charge is -2.07. The largest absolute Gasteiger partial charge is 0.301 e. The van der Waals surface area contributed by atoms with Crippen LogP contribution in [0.4, 0.5) is 10.1 Å². The average molecular weight is 231 g/mol. The Morgan fingerprint density at radius 1 is 1.53 bits per heavy atom. The average Bonchev–Trinajstić information content (AvgIpc) is 2.77. The highest BCUT2D eigenvalue weighted by Gasteiger charge is 2.08. The Bertz CT molecular complexity index is 583. The molecule has 0 radical (unpaired) electrons. The zero-order valence-corrected chi connectivity index (χ0v) is 9.21. The van der Waals surface area contributed by atoms with E-state index in [2.05, 4.69) is 15.0 Å². The number of nitrogens with zero attached hydrogens (tertiary/aromatic N) is 5. The third-order valence-electron chi connectivity index (χ3n) is 2.38. The fourth-order valence-corrected chi connectivity index (χ4v) is 1.62. The normalized spacial score (nSPS) is 10.0. The molecule has 0 aliphatic rings. The molecule has 0 aliphatic carbocycles. The van der Waals surface area contributed by atoms with Crippen LogP contribution < -0.4 is 0 Å². The maximum Gasteiger partial charge on any atom is 0.147 e. The van der Waals surface area contributed by atoms with E-state index in [1.807, 2.05) is 6.92 Å². The van der Waals surface area contributed by atoms with Gasteiger partial charge in [0, 0.05) is 29.4 Å². The first kappa shape index (κ1) is 11.2. The van der Waals surface area contributed by atoms with Crippen LogP contribution >= 0.6 is 0 Å². The highest BCUT2D eigenvalue weighted by atomic mass is 19.1. The fraction of sp³-hybridized carbons (Fsp3) is 0.182. The monoisotopic (exact) mass is 231 g/mol. The van der Waals surface area contributed by atoms with Crippen molar-refractivity contribution in [1.29, 1.82) is 0 Å². The standard InChI is InChI=1S/C11H10FN5/c1-2-11-14-5-6-17(11)10-4-3-8(15-16-13)7-9(10)12/h3-7H,2H2,1H3. The summed E-state index contributed by atoms with van der Waals surface area (Å²) in [5, 5.41) is 3.35. The van der Waals surface area contributed by atoms with Gasteiger partial charge >= 0.3 is 0 Å². The second-order valence-corrected chi connectivity index (χ2v) is 3.39. The molecular formula is C11H10FN5. The molecule has 0 saturated carbocycles. The molecule has 1 heterocycles. The molecular weight excluding hydrogens is 221 g/mol. The Morgan fingerprint density at radius 3 is 3.00 bits per heavy atom. The lowest BCUT2D eigenvalue weighted by molar-refractivity contribution is 0.615. The number of imidazole rings is 1. The Balaban J connectivity index is 2.50. The van der Waals surface area contributed by atoms with Gasteiger partial charge in [0.25, 0.3) is 0 Å². The summed E-state index contributed by atoms with van der Waals surface area (Å²) in [6.45, 7) is 1.95. The van der Waals surface area contributed by atoms with E-state index in [1.165, 1.54) is 6.07 Å². The number of hydrogen-bond acceptors (Lipinski definition) is 2. The van der Waals surface area contributed by atoms with E-state index in [-0.39, 0.29) is 5.69 Å². The van der Waals surface area contributed by atoms with E-state index in [4.69, 9.17) is 5.53 Å². The molecule has 0 bridgehead atoms. The summed E-state index contributed by atoms with van der Waals surface area (Å²) in [5.41, 5.74) is 8.92. The van der Waals surface area contributed by atoms with Gasteiger partial charge in [0.15, 0.2) is 0 Å². The molecule has 0 spiro atoms. The molecule has 0 unspecified atom stereocenters. The van der Waals surface area contributed by atoms with Gasteiger partial charge in [-0.1, -0.05) is 18.1 Å². The van der Waals surface area contributed by atoms with Gasteiger partial charge < -0.3 is 4.57 Å². The Kier molecular flexibility index (Phi) is 3.07. The predicted molar refractivity (Wildman–Crippen MR) is 61.7 cm³/mol. The zero-order chi connectivity index (χ0) is 12.3. The SMILES string of the molecule is CCc1nccn1-c1ccc(N=[N+]=[N-])cc1F. The van der Waals surface area contributed by atoms with Crippen molar-refractivity contribution in [2.45, 2.75) is 13.3 Å². The van der Waals surface area contributed by atoms with Gasteiger partial charge in [0.05, 0.1) is 5.69 Å². The summed E-state index contributed by atoms with van der Waals surface area (Å²) in [6, 6.07) is 4.34. The van der Waals surface area contributed by atoms with Gasteiger partial charge in [0.1, 0.15) is 11.6 Å². The van der Waals surface area contributed by atoms with Crippen LogP contribution in [0.3, 0.4) is 0 Å².